The average molecular weight is 439 g/mol. The summed E-state index contributed by atoms with van der Waals surface area (Å²) in [6.07, 6.45) is 2.23. The van der Waals surface area contributed by atoms with E-state index in [1.54, 1.807) is 11.4 Å². The van der Waals surface area contributed by atoms with Crippen LogP contribution in [0, 0.1) is 6.92 Å². The second kappa shape index (κ2) is 8.08. The quantitative estimate of drug-likeness (QED) is 0.563. The first-order valence-electron chi connectivity index (χ1n) is 9.66. The number of rotatable bonds is 5. The molecule has 1 N–H and O–H groups in total. The molecule has 4 rings (SSSR count). The molecular weight excluding hydrogens is 416 g/mol. The highest BCUT2D eigenvalue weighted by Crippen LogP contribution is 2.39. The Morgan fingerprint density at radius 1 is 1.00 bits per heavy atom. The Bertz CT molecular complexity index is 1210. The monoisotopic (exact) mass is 438 g/mol. The Kier molecular flexibility index (Phi) is 5.49. The molecule has 154 valence electrons. The van der Waals surface area contributed by atoms with Crippen LogP contribution in [-0.4, -0.2) is 14.2 Å². The fraction of sp³-hybridized carbons (Fsp3) is 0.174. The van der Waals surface area contributed by atoms with Gasteiger partial charge in [-0.2, -0.15) is 0 Å². The van der Waals surface area contributed by atoms with Gasteiger partial charge in [0.2, 0.25) is 5.78 Å². The molecule has 0 spiro atoms. The highest BCUT2D eigenvalue weighted by Gasteiger charge is 2.41. The predicted molar refractivity (Wildman–Crippen MR) is 122 cm³/mol. The van der Waals surface area contributed by atoms with Gasteiger partial charge in [-0.25, -0.2) is 8.42 Å². The number of aryl methyl sites for hydroxylation is 2. The Morgan fingerprint density at radius 3 is 2.33 bits per heavy atom. The molecule has 3 aromatic rings. The molecule has 0 atom stereocenters. The number of nitrogens with zero attached hydrogens (tertiary/aromatic N) is 1. The van der Waals surface area contributed by atoms with Gasteiger partial charge in [-0.15, -0.1) is 11.3 Å². The van der Waals surface area contributed by atoms with E-state index >= 15 is 0 Å². The molecular formula is C23H22N2O3S2. The van der Waals surface area contributed by atoms with Crippen LogP contribution < -0.4 is 9.62 Å². The van der Waals surface area contributed by atoms with E-state index in [0.717, 1.165) is 23.2 Å². The first-order valence-corrected chi connectivity index (χ1v) is 12.0. The maximum atomic E-state index is 13.4. The van der Waals surface area contributed by atoms with Crippen LogP contribution in [0.1, 0.15) is 33.3 Å². The predicted octanol–water partition coefficient (Wildman–Crippen LogP) is 5.11. The summed E-state index contributed by atoms with van der Waals surface area (Å²) in [6, 6.07) is 17.1. The molecule has 0 saturated heterocycles. The molecule has 0 amide bonds. The van der Waals surface area contributed by atoms with Crippen LogP contribution in [0.25, 0.3) is 0 Å². The van der Waals surface area contributed by atoms with Crippen LogP contribution >= 0.6 is 11.3 Å². The van der Waals surface area contributed by atoms with Crippen molar-refractivity contribution in [1.29, 1.82) is 0 Å². The van der Waals surface area contributed by atoms with Crippen molar-refractivity contribution in [2.45, 2.75) is 26.8 Å². The summed E-state index contributed by atoms with van der Waals surface area (Å²) in [6.45, 7) is 4.22. The smallest absolute Gasteiger partial charge is 0.270 e. The number of hydrogen-bond acceptors (Lipinski definition) is 5. The lowest BCUT2D eigenvalue weighted by atomic mass is 10.1. The number of thiophene rings is 1. The van der Waals surface area contributed by atoms with Crippen LogP contribution in [0.2, 0.25) is 0 Å². The van der Waals surface area contributed by atoms with E-state index in [2.05, 4.69) is 12.2 Å². The fourth-order valence-electron chi connectivity index (χ4n) is 3.30. The SMILES string of the molecule is CCc1ccc(N/C=C2/C(=O)c3sccc3N(Cc3ccc(C)cc3)S2(=O)=O)cc1. The van der Waals surface area contributed by atoms with Crippen LogP contribution in [0.4, 0.5) is 11.4 Å². The van der Waals surface area contributed by atoms with Crippen molar-refractivity contribution in [3.8, 4) is 0 Å². The molecule has 30 heavy (non-hydrogen) atoms. The molecule has 0 aliphatic carbocycles. The lowest BCUT2D eigenvalue weighted by Gasteiger charge is -2.29. The van der Waals surface area contributed by atoms with E-state index in [-0.39, 0.29) is 11.4 Å². The Hall–Kier alpha value is -2.90. The zero-order chi connectivity index (χ0) is 21.3. The second-order valence-electron chi connectivity index (χ2n) is 7.16. The second-order valence-corrected chi connectivity index (χ2v) is 9.91. The van der Waals surface area contributed by atoms with Gasteiger partial charge in [-0.05, 0) is 48.1 Å². The minimum Gasteiger partial charge on any atom is -0.360 e. The molecule has 2 aromatic carbocycles. The van der Waals surface area contributed by atoms with Crippen molar-refractivity contribution < 1.29 is 13.2 Å². The van der Waals surface area contributed by atoms with Crippen LogP contribution in [0.15, 0.2) is 71.1 Å². The van der Waals surface area contributed by atoms with E-state index < -0.39 is 15.8 Å². The number of Topliss-reactive ketones (excluding diaryl/α,β-unsaturated/α-hetero) is 1. The molecule has 0 unspecified atom stereocenters. The Balaban J connectivity index is 1.70. The number of nitrogens with one attached hydrogen (secondary N) is 1. The first kappa shape index (κ1) is 20.4. The summed E-state index contributed by atoms with van der Waals surface area (Å²) in [4.78, 5) is 13.1. The van der Waals surface area contributed by atoms with Gasteiger partial charge in [-0.1, -0.05) is 48.9 Å². The largest absolute Gasteiger partial charge is 0.360 e. The number of allylic oxidation sites excluding steroid dienone is 1. The molecule has 0 bridgehead atoms. The molecule has 7 heteroatoms. The highest BCUT2D eigenvalue weighted by atomic mass is 32.2. The zero-order valence-electron chi connectivity index (χ0n) is 16.8. The van der Waals surface area contributed by atoms with Gasteiger partial charge >= 0.3 is 0 Å². The molecule has 0 radical (unpaired) electrons. The number of ketones is 1. The molecule has 0 saturated carbocycles. The topological polar surface area (TPSA) is 66.5 Å². The third kappa shape index (κ3) is 3.78. The summed E-state index contributed by atoms with van der Waals surface area (Å²) in [5.74, 6) is -0.474. The zero-order valence-corrected chi connectivity index (χ0v) is 18.4. The molecule has 0 fully saturated rings. The van der Waals surface area contributed by atoms with Crippen molar-refractivity contribution in [2.24, 2.45) is 0 Å². The van der Waals surface area contributed by atoms with E-state index in [9.17, 15) is 13.2 Å². The highest BCUT2D eigenvalue weighted by molar-refractivity contribution is 7.97. The van der Waals surface area contributed by atoms with Gasteiger partial charge in [0.1, 0.15) is 4.88 Å². The van der Waals surface area contributed by atoms with Gasteiger partial charge in [0, 0.05) is 11.9 Å². The normalized spacial score (nSPS) is 16.5. The number of hydrogen-bond donors (Lipinski definition) is 1. The molecule has 1 aliphatic rings. The van der Waals surface area contributed by atoms with Crippen molar-refractivity contribution in [3.63, 3.8) is 0 Å². The molecule has 1 aromatic heterocycles. The van der Waals surface area contributed by atoms with Gasteiger partial charge < -0.3 is 5.32 Å². The number of benzene rings is 2. The number of sulfonamides is 1. The minimum absolute atomic E-state index is 0.169. The van der Waals surface area contributed by atoms with Crippen molar-refractivity contribution >= 4 is 38.5 Å². The lowest BCUT2D eigenvalue weighted by molar-refractivity contribution is 0.104. The summed E-state index contributed by atoms with van der Waals surface area (Å²) < 4.78 is 28.1. The third-order valence-corrected chi connectivity index (χ3v) is 7.76. The summed E-state index contributed by atoms with van der Waals surface area (Å²) in [5.41, 5.74) is 4.31. The number of carbonyl (C=O) groups excluding carboxylic acids is 1. The number of carbonyl (C=O) groups is 1. The van der Waals surface area contributed by atoms with Crippen molar-refractivity contribution in [1.82, 2.24) is 0 Å². The van der Waals surface area contributed by atoms with Gasteiger partial charge in [0.05, 0.1) is 12.2 Å². The number of fused-ring (bicyclic) bond motifs is 1. The van der Waals surface area contributed by atoms with E-state index in [1.165, 1.54) is 27.4 Å². The van der Waals surface area contributed by atoms with E-state index in [0.29, 0.717) is 10.6 Å². The van der Waals surface area contributed by atoms with Crippen LogP contribution in [-0.2, 0) is 23.0 Å². The van der Waals surface area contributed by atoms with E-state index in [1.807, 2.05) is 55.5 Å². The van der Waals surface area contributed by atoms with Crippen molar-refractivity contribution in [3.05, 3.63) is 92.6 Å². The fourth-order valence-corrected chi connectivity index (χ4v) is 5.78. The van der Waals surface area contributed by atoms with Gasteiger partial charge in [-0.3, -0.25) is 9.10 Å². The van der Waals surface area contributed by atoms with Gasteiger partial charge in [0.15, 0.2) is 4.91 Å². The first-order chi connectivity index (χ1) is 14.4. The summed E-state index contributed by atoms with van der Waals surface area (Å²) >= 11 is 1.26. The van der Waals surface area contributed by atoms with Gasteiger partial charge in [0.25, 0.3) is 10.0 Å². The standard InChI is InChI=1S/C23H22N2O3S2/c1-3-17-8-10-19(11-9-17)24-14-21-22(26)23-20(12-13-29-23)25(30(21,27)28)15-18-6-4-16(2)5-7-18/h4-14,24H,3,15H2,1-2H3/b21-14-. The Labute approximate surface area is 180 Å². The Morgan fingerprint density at radius 2 is 1.67 bits per heavy atom. The van der Waals surface area contributed by atoms with E-state index in [4.69, 9.17) is 0 Å². The average Bonchev–Trinajstić information content (AvgIpc) is 3.22. The lowest BCUT2D eigenvalue weighted by Crippen LogP contribution is -2.38. The third-order valence-electron chi connectivity index (χ3n) is 5.09. The van der Waals surface area contributed by atoms with Crippen LogP contribution in [0.5, 0.6) is 0 Å². The summed E-state index contributed by atoms with van der Waals surface area (Å²) in [5, 5.41) is 4.73. The van der Waals surface area contributed by atoms with Crippen molar-refractivity contribution in [2.75, 3.05) is 9.62 Å². The minimum atomic E-state index is -4.00. The molecule has 1 aliphatic heterocycles. The van der Waals surface area contributed by atoms with Crippen LogP contribution in [0.3, 0.4) is 0 Å². The molecule has 2 heterocycles. The maximum Gasteiger partial charge on any atom is 0.270 e. The number of anilines is 2. The maximum absolute atomic E-state index is 13.4. The summed E-state index contributed by atoms with van der Waals surface area (Å²) in [7, 11) is -4.00. The molecule has 5 nitrogen and oxygen atoms in total.